The minimum atomic E-state index is 0.257. The van der Waals surface area contributed by atoms with Crippen molar-refractivity contribution in [3.05, 3.63) is 48.5 Å². The molecule has 22 heavy (non-hydrogen) atoms. The molecule has 2 nitrogen and oxygen atoms in total. The van der Waals surface area contributed by atoms with Crippen LogP contribution in [0.2, 0.25) is 0 Å². The highest BCUT2D eigenvalue weighted by Gasteiger charge is 1.96. The van der Waals surface area contributed by atoms with Crippen molar-refractivity contribution in [2.24, 2.45) is 0 Å². The summed E-state index contributed by atoms with van der Waals surface area (Å²) in [5.74, 6) is 0.514. The van der Waals surface area contributed by atoms with Crippen LogP contribution in [0.1, 0.15) is 55.4 Å². The van der Waals surface area contributed by atoms with Crippen LogP contribution in [-0.2, 0) is 0 Å². The molecule has 0 radical (unpaired) electrons. The number of phenols is 2. The lowest BCUT2D eigenvalue weighted by Crippen LogP contribution is -1.75. The van der Waals surface area contributed by atoms with Crippen molar-refractivity contribution in [2.75, 3.05) is 0 Å². The summed E-state index contributed by atoms with van der Waals surface area (Å²) in [5.41, 5.74) is 2.03. The zero-order chi connectivity index (χ0) is 18.0. The van der Waals surface area contributed by atoms with Crippen LogP contribution in [-0.4, -0.2) is 10.2 Å². The maximum atomic E-state index is 9.11. The summed E-state index contributed by atoms with van der Waals surface area (Å²) in [5, 5.41) is 18.2. The number of hydrogen-bond donors (Lipinski definition) is 2. The molecular formula is C20H34O2. The maximum Gasteiger partial charge on any atom is 0.115 e. The van der Waals surface area contributed by atoms with E-state index in [0.29, 0.717) is 0 Å². The summed E-state index contributed by atoms with van der Waals surface area (Å²) < 4.78 is 0. The van der Waals surface area contributed by atoms with Gasteiger partial charge in [0.1, 0.15) is 11.5 Å². The van der Waals surface area contributed by atoms with Gasteiger partial charge in [-0.05, 0) is 35.4 Å². The van der Waals surface area contributed by atoms with Gasteiger partial charge in [-0.15, -0.1) is 0 Å². The van der Waals surface area contributed by atoms with Crippen LogP contribution < -0.4 is 0 Å². The fourth-order valence-electron chi connectivity index (χ4n) is 1.31. The average molecular weight is 306 g/mol. The van der Waals surface area contributed by atoms with E-state index >= 15 is 0 Å². The third kappa shape index (κ3) is 10.8. The molecule has 0 fully saturated rings. The van der Waals surface area contributed by atoms with Crippen LogP contribution in [0.25, 0.3) is 11.1 Å². The first kappa shape index (κ1) is 25.0. The largest absolute Gasteiger partial charge is 0.508 e. The van der Waals surface area contributed by atoms with E-state index in [1.807, 2.05) is 79.7 Å². The molecule has 0 aliphatic heterocycles. The number of aromatic hydroxyl groups is 2. The zero-order valence-electron chi connectivity index (χ0n) is 15.5. The smallest absolute Gasteiger partial charge is 0.115 e. The molecule has 126 valence electrons. The third-order valence-corrected chi connectivity index (χ3v) is 2.07. The Hall–Kier alpha value is -1.96. The second kappa shape index (κ2) is 19.0. The highest BCUT2D eigenvalue weighted by Crippen LogP contribution is 2.23. The molecule has 0 unspecified atom stereocenters. The molecule has 0 bridgehead atoms. The van der Waals surface area contributed by atoms with Gasteiger partial charge < -0.3 is 10.2 Å². The van der Waals surface area contributed by atoms with Crippen molar-refractivity contribution in [3.63, 3.8) is 0 Å². The van der Waals surface area contributed by atoms with Crippen molar-refractivity contribution in [3.8, 4) is 22.6 Å². The van der Waals surface area contributed by atoms with E-state index in [9.17, 15) is 0 Å². The van der Waals surface area contributed by atoms with Gasteiger partial charge in [-0.1, -0.05) is 79.7 Å². The SMILES string of the molecule is CC.CC.CC.CC.Oc1ccc(-c2ccc(O)cc2)cc1. The summed E-state index contributed by atoms with van der Waals surface area (Å²) in [4.78, 5) is 0. The van der Waals surface area contributed by atoms with E-state index in [0.717, 1.165) is 11.1 Å². The van der Waals surface area contributed by atoms with Gasteiger partial charge in [-0.25, -0.2) is 0 Å². The molecule has 0 aliphatic carbocycles. The quantitative estimate of drug-likeness (QED) is 0.603. The van der Waals surface area contributed by atoms with E-state index in [1.54, 1.807) is 24.3 Å². The number of phenolic OH excluding ortho intramolecular Hbond substituents is 2. The monoisotopic (exact) mass is 306 g/mol. The standard InChI is InChI=1S/C12H10O2.4C2H6/c13-11-5-1-9(2-6-11)10-3-7-12(14)8-4-10;4*1-2/h1-8,13-14H;4*1-2H3. The second-order valence-electron chi connectivity index (χ2n) is 3.09. The van der Waals surface area contributed by atoms with Gasteiger partial charge in [0.2, 0.25) is 0 Å². The first-order valence-corrected chi connectivity index (χ1v) is 8.34. The van der Waals surface area contributed by atoms with Crippen molar-refractivity contribution in [2.45, 2.75) is 55.4 Å². The number of hydrogen-bond acceptors (Lipinski definition) is 2. The third-order valence-electron chi connectivity index (χ3n) is 2.07. The molecule has 2 aromatic rings. The normalized spacial score (nSPS) is 7.45. The fraction of sp³-hybridized carbons (Fsp3) is 0.400. The first-order valence-electron chi connectivity index (χ1n) is 8.34. The predicted octanol–water partition coefficient (Wildman–Crippen LogP) is 6.87. The van der Waals surface area contributed by atoms with E-state index in [1.165, 1.54) is 0 Å². The van der Waals surface area contributed by atoms with E-state index in [4.69, 9.17) is 10.2 Å². The highest BCUT2D eigenvalue weighted by molar-refractivity contribution is 5.64. The Balaban J connectivity index is -0.000000394. The average Bonchev–Trinajstić information content (AvgIpc) is 2.63. The lowest BCUT2D eigenvalue weighted by Gasteiger charge is -2.01. The molecule has 0 aromatic heterocycles. The van der Waals surface area contributed by atoms with Crippen molar-refractivity contribution in [1.29, 1.82) is 0 Å². The Morgan fingerprint density at radius 3 is 0.773 bits per heavy atom. The Labute approximate surface area is 137 Å². The topological polar surface area (TPSA) is 40.5 Å². The molecule has 2 aromatic carbocycles. The van der Waals surface area contributed by atoms with Gasteiger partial charge in [0.05, 0.1) is 0 Å². The van der Waals surface area contributed by atoms with Crippen LogP contribution >= 0.6 is 0 Å². The van der Waals surface area contributed by atoms with Gasteiger partial charge in [0.25, 0.3) is 0 Å². The molecule has 0 amide bonds. The summed E-state index contributed by atoms with van der Waals surface area (Å²) in [6.45, 7) is 16.0. The molecule has 0 spiro atoms. The molecule has 0 saturated carbocycles. The molecule has 0 saturated heterocycles. The van der Waals surface area contributed by atoms with Gasteiger partial charge in [0, 0.05) is 0 Å². The lowest BCUT2D eigenvalue weighted by molar-refractivity contribution is 0.474. The van der Waals surface area contributed by atoms with E-state index in [-0.39, 0.29) is 11.5 Å². The molecule has 2 rings (SSSR count). The number of benzene rings is 2. The van der Waals surface area contributed by atoms with E-state index < -0.39 is 0 Å². The Kier molecular flexibility index (Phi) is 21.7. The molecule has 0 heterocycles. The van der Waals surface area contributed by atoms with Gasteiger partial charge >= 0.3 is 0 Å². The fourth-order valence-corrected chi connectivity index (χ4v) is 1.31. The van der Waals surface area contributed by atoms with Crippen molar-refractivity contribution in [1.82, 2.24) is 0 Å². The second-order valence-corrected chi connectivity index (χ2v) is 3.09. The van der Waals surface area contributed by atoms with Crippen LogP contribution in [0.4, 0.5) is 0 Å². The highest BCUT2D eigenvalue weighted by atomic mass is 16.3. The number of rotatable bonds is 1. The van der Waals surface area contributed by atoms with E-state index in [2.05, 4.69) is 0 Å². The Morgan fingerprint density at radius 2 is 0.591 bits per heavy atom. The Morgan fingerprint density at radius 1 is 0.409 bits per heavy atom. The molecule has 0 aliphatic rings. The zero-order valence-corrected chi connectivity index (χ0v) is 15.5. The maximum absolute atomic E-state index is 9.11. The minimum Gasteiger partial charge on any atom is -0.508 e. The van der Waals surface area contributed by atoms with Crippen LogP contribution in [0.15, 0.2) is 48.5 Å². The molecular weight excluding hydrogens is 272 g/mol. The van der Waals surface area contributed by atoms with Crippen molar-refractivity contribution < 1.29 is 10.2 Å². The van der Waals surface area contributed by atoms with Crippen LogP contribution in [0.3, 0.4) is 0 Å². The summed E-state index contributed by atoms with van der Waals surface area (Å²) in [6, 6.07) is 13.9. The van der Waals surface area contributed by atoms with Gasteiger partial charge in [-0.2, -0.15) is 0 Å². The minimum absolute atomic E-state index is 0.257. The molecule has 2 N–H and O–H groups in total. The molecule has 2 heteroatoms. The van der Waals surface area contributed by atoms with Crippen LogP contribution in [0, 0.1) is 0 Å². The van der Waals surface area contributed by atoms with Gasteiger partial charge in [-0.3, -0.25) is 0 Å². The summed E-state index contributed by atoms with van der Waals surface area (Å²) in [6.07, 6.45) is 0. The van der Waals surface area contributed by atoms with Crippen LogP contribution in [0.5, 0.6) is 11.5 Å². The first-order chi connectivity index (χ1) is 10.8. The predicted molar refractivity (Wildman–Crippen MR) is 101 cm³/mol. The lowest BCUT2D eigenvalue weighted by atomic mass is 10.1. The van der Waals surface area contributed by atoms with Gasteiger partial charge in [0.15, 0.2) is 0 Å². The Bertz CT molecular complexity index is 373. The van der Waals surface area contributed by atoms with Crippen molar-refractivity contribution >= 4 is 0 Å². The molecule has 0 atom stereocenters. The summed E-state index contributed by atoms with van der Waals surface area (Å²) >= 11 is 0. The summed E-state index contributed by atoms with van der Waals surface area (Å²) in [7, 11) is 0.